The maximum absolute atomic E-state index is 10.8. The topological polar surface area (TPSA) is 37.3 Å². The van der Waals surface area contributed by atoms with Crippen LogP contribution in [-0.2, 0) is 0 Å². The lowest BCUT2D eigenvalue weighted by Gasteiger charge is -1.81. The molecule has 5 heteroatoms. The van der Waals surface area contributed by atoms with Crippen LogP contribution in [0.3, 0.4) is 0 Å². The number of carboxylic acids is 1. The van der Waals surface area contributed by atoms with Crippen molar-refractivity contribution in [2.75, 3.05) is 0 Å². The normalized spacial score (nSPS) is 11.4. The summed E-state index contributed by atoms with van der Waals surface area (Å²) < 4.78 is 4.70. The van der Waals surface area contributed by atoms with Crippen LogP contribution >= 0.6 is 34.0 Å². The smallest absolute Gasteiger partial charge is 0.345 e. The van der Waals surface area contributed by atoms with Crippen LogP contribution in [0.15, 0.2) is 17.5 Å². The Morgan fingerprint density at radius 1 is 1.21 bits per heavy atom. The van der Waals surface area contributed by atoms with E-state index in [4.69, 9.17) is 5.11 Å². The molecule has 0 atom stereocenters. The van der Waals surface area contributed by atoms with Gasteiger partial charge in [-0.2, -0.15) is 0 Å². The second-order valence-electron chi connectivity index (χ2n) is 2.83. The van der Waals surface area contributed by atoms with Crippen molar-refractivity contribution < 1.29 is 9.90 Å². The molecule has 0 aliphatic heterocycles. The summed E-state index contributed by atoms with van der Waals surface area (Å²) in [6, 6.07) is 3.84. The predicted molar refractivity (Wildman–Crippen MR) is 62.0 cm³/mol. The number of carbonyl (C=O) groups is 1. The minimum Gasteiger partial charge on any atom is -0.477 e. The molecule has 2 nitrogen and oxygen atoms in total. The van der Waals surface area contributed by atoms with Crippen molar-refractivity contribution in [1.29, 1.82) is 0 Å². The van der Waals surface area contributed by atoms with E-state index in [1.165, 1.54) is 20.7 Å². The van der Waals surface area contributed by atoms with Crippen LogP contribution in [0.1, 0.15) is 9.67 Å². The van der Waals surface area contributed by atoms with Gasteiger partial charge in [-0.05, 0) is 17.5 Å². The molecule has 0 aliphatic rings. The lowest BCUT2D eigenvalue weighted by atomic mass is 10.4. The molecule has 0 saturated carbocycles. The van der Waals surface area contributed by atoms with Crippen molar-refractivity contribution in [3.63, 3.8) is 0 Å². The molecule has 3 heterocycles. The SMILES string of the molecule is O=C(O)c1cc2sc3ccsc3c2s1. The fourth-order valence-electron chi connectivity index (χ4n) is 1.38. The third kappa shape index (κ3) is 1.03. The van der Waals surface area contributed by atoms with Crippen LogP contribution in [0.2, 0.25) is 0 Å². The first kappa shape index (κ1) is 8.40. The Kier molecular flexibility index (Phi) is 1.67. The molecule has 3 rings (SSSR count). The molecule has 0 amide bonds. The second kappa shape index (κ2) is 2.79. The first-order valence-electron chi connectivity index (χ1n) is 3.88. The molecular weight excluding hydrogens is 236 g/mol. The minimum atomic E-state index is -0.830. The number of rotatable bonds is 1. The Bertz CT molecular complexity index is 629. The Labute approximate surface area is 91.0 Å². The zero-order valence-electron chi connectivity index (χ0n) is 6.81. The summed E-state index contributed by atoms with van der Waals surface area (Å²) in [5, 5.41) is 10.9. The van der Waals surface area contributed by atoms with E-state index in [-0.39, 0.29) is 0 Å². The molecule has 3 aromatic rings. The van der Waals surface area contributed by atoms with E-state index in [9.17, 15) is 4.79 Å². The summed E-state index contributed by atoms with van der Waals surface area (Å²) in [6.07, 6.45) is 0. The van der Waals surface area contributed by atoms with Gasteiger partial charge in [0, 0.05) is 9.40 Å². The third-order valence-corrected chi connectivity index (χ3v) is 5.53. The average Bonchev–Trinajstić information content (AvgIpc) is 2.70. The van der Waals surface area contributed by atoms with Gasteiger partial charge in [-0.25, -0.2) is 4.79 Å². The van der Waals surface area contributed by atoms with Gasteiger partial charge in [-0.3, -0.25) is 0 Å². The maximum Gasteiger partial charge on any atom is 0.345 e. The van der Waals surface area contributed by atoms with Crippen LogP contribution in [0.4, 0.5) is 0 Å². The zero-order valence-corrected chi connectivity index (χ0v) is 9.26. The largest absolute Gasteiger partial charge is 0.477 e. The molecule has 3 aromatic heterocycles. The van der Waals surface area contributed by atoms with E-state index < -0.39 is 5.97 Å². The van der Waals surface area contributed by atoms with Gasteiger partial charge in [0.1, 0.15) is 4.88 Å². The van der Waals surface area contributed by atoms with Gasteiger partial charge < -0.3 is 5.11 Å². The first-order chi connectivity index (χ1) is 6.75. The fraction of sp³-hybridized carbons (Fsp3) is 0. The van der Waals surface area contributed by atoms with Gasteiger partial charge in [0.25, 0.3) is 0 Å². The van der Waals surface area contributed by atoms with Gasteiger partial charge in [0.2, 0.25) is 0 Å². The van der Waals surface area contributed by atoms with Gasteiger partial charge in [-0.1, -0.05) is 0 Å². The van der Waals surface area contributed by atoms with Gasteiger partial charge >= 0.3 is 5.97 Å². The van der Waals surface area contributed by atoms with Crippen LogP contribution in [0, 0.1) is 0 Å². The van der Waals surface area contributed by atoms with Crippen molar-refractivity contribution in [2.24, 2.45) is 0 Å². The standard InChI is InChI=1S/C9H4O2S3/c10-9(11)6-3-5-8(14-6)7-4(13-5)1-2-12-7/h1-3H,(H,10,11). The highest BCUT2D eigenvalue weighted by Crippen LogP contribution is 2.41. The quantitative estimate of drug-likeness (QED) is 0.701. The van der Waals surface area contributed by atoms with E-state index in [2.05, 4.69) is 6.07 Å². The molecule has 0 unspecified atom stereocenters. The fourth-order valence-corrected chi connectivity index (χ4v) is 4.98. The highest BCUT2D eigenvalue weighted by molar-refractivity contribution is 7.38. The average molecular weight is 240 g/mol. The van der Waals surface area contributed by atoms with Gasteiger partial charge in [0.15, 0.2) is 0 Å². The number of fused-ring (bicyclic) bond motifs is 3. The van der Waals surface area contributed by atoms with E-state index >= 15 is 0 Å². The summed E-state index contributed by atoms with van der Waals surface area (Å²) >= 11 is 4.71. The highest BCUT2D eigenvalue weighted by Gasteiger charge is 2.13. The Balaban J connectivity index is 2.43. The molecule has 70 valence electrons. The van der Waals surface area contributed by atoms with Crippen molar-refractivity contribution >= 4 is 58.8 Å². The molecule has 0 aromatic carbocycles. The maximum atomic E-state index is 10.8. The summed E-state index contributed by atoms with van der Waals surface area (Å²) in [5.41, 5.74) is 0. The van der Waals surface area contributed by atoms with E-state index in [0.29, 0.717) is 4.88 Å². The van der Waals surface area contributed by atoms with Crippen LogP contribution in [-0.4, -0.2) is 11.1 Å². The molecule has 0 radical (unpaired) electrons. The van der Waals surface area contributed by atoms with Crippen molar-refractivity contribution in [3.8, 4) is 0 Å². The first-order valence-corrected chi connectivity index (χ1v) is 6.40. The van der Waals surface area contributed by atoms with Crippen LogP contribution in [0.5, 0.6) is 0 Å². The summed E-state index contributed by atoms with van der Waals surface area (Å²) in [7, 11) is 0. The second-order valence-corrected chi connectivity index (χ2v) is 5.88. The van der Waals surface area contributed by atoms with E-state index in [1.54, 1.807) is 28.7 Å². The molecular formula is C9H4O2S3. The number of hydrogen-bond acceptors (Lipinski definition) is 4. The van der Waals surface area contributed by atoms with Gasteiger partial charge in [0.05, 0.1) is 9.40 Å². The van der Waals surface area contributed by atoms with Crippen molar-refractivity contribution in [2.45, 2.75) is 0 Å². The Hall–Kier alpha value is -0.910. The molecule has 0 fully saturated rings. The van der Waals surface area contributed by atoms with Crippen molar-refractivity contribution in [3.05, 3.63) is 22.4 Å². The lowest BCUT2D eigenvalue weighted by Crippen LogP contribution is -1.89. The lowest BCUT2D eigenvalue weighted by molar-refractivity contribution is 0.0702. The molecule has 0 saturated heterocycles. The zero-order chi connectivity index (χ0) is 9.71. The van der Waals surface area contributed by atoms with E-state index in [1.807, 2.05) is 5.38 Å². The highest BCUT2D eigenvalue weighted by atomic mass is 32.1. The molecule has 0 bridgehead atoms. The summed E-state index contributed by atoms with van der Waals surface area (Å²) in [6.45, 7) is 0. The van der Waals surface area contributed by atoms with Crippen LogP contribution in [0.25, 0.3) is 18.8 Å². The molecule has 14 heavy (non-hydrogen) atoms. The third-order valence-electron chi connectivity index (χ3n) is 1.96. The monoisotopic (exact) mass is 240 g/mol. The van der Waals surface area contributed by atoms with Gasteiger partial charge in [-0.15, -0.1) is 34.0 Å². The summed E-state index contributed by atoms with van der Waals surface area (Å²) in [5.74, 6) is -0.830. The summed E-state index contributed by atoms with van der Waals surface area (Å²) in [4.78, 5) is 11.2. The van der Waals surface area contributed by atoms with Crippen LogP contribution < -0.4 is 0 Å². The number of thiophene rings is 3. The van der Waals surface area contributed by atoms with E-state index in [0.717, 1.165) is 9.40 Å². The Morgan fingerprint density at radius 2 is 2.07 bits per heavy atom. The number of hydrogen-bond donors (Lipinski definition) is 1. The molecule has 0 aliphatic carbocycles. The minimum absolute atomic E-state index is 0.432. The number of carboxylic acid groups (broad SMARTS) is 1. The molecule has 1 N–H and O–H groups in total. The Morgan fingerprint density at radius 3 is 2.86 bits per heavy atom. The number of aromatic carboxylic acids is 1. The predicted octanol–water partition coefficient (Wildman–Crippen LogP) is 3.88. The molecule has 0 spiro atoms. The van der Waals surface area contributed by atoms with Crippen molar-refractivity contribution in [1.82, 2.24) is 0 Å².